The van der Waals surface area contributed by atoms with Crippen molar-refractivity contribution in [1.82, 2.24) is 4.90 Å². The summed E-state index contributed by atoms with van der Waals surface area (Å²) in [6.07, 6.45) is 0.535. The molecule has 29 heavy (non-hydrogen) atoms. The van der Waals surface area contributed by atoms with Crippen LogP contribution in [0, 0.1) is 11.6 Å². The molecule has 0 saturated carbocycles. The predicted octanol–water partition coefficient (Wildman–Crippen LogP) is 3.96. The Morgan fingerprint density at radius 1 is 1.17 bits per heavy atom. The van der Waals surface area contributed by atoms with Crippen molar-refractivity contribution in [3.8, 4) is 0 Å². The van der Waals surface area contributed by atoms with Gasteiger partial charge in [-0.1, -0.05) is 30.3 Å². The molecule has 5 nitrogen and oxygen atoms in total. The van der Waals surface area contributed by atoms with Gasteiger partial charge in [0.2, 0.25) is 5.91 Å². The zero-order valence-electron chi connectivity index (χ0n) is 16.9. The van der Waals surface area contributed by atoms with Gasteiger partial charge in [0.25, 0.3) is 0 Å². The molecule has 1 aliphatic heterocycles. The van der Waals surface area contributed by atoms with Crippen molar-refractivity contribution in [2.24, 2.45) is 5.16 Å². The van der Waals surface area contributed by atoms with Crippen LogP contribution in [0.25, 0.3) is 0 Å². The smallest absolute Gasteiger partial charge is 0.222 e. The Labute approximate surface area is 169 Å². The second-order valence-corrected chi connectivity index (χ2v) is 7.27. The van der Waals surface area contributed by atoms with E-state index in [2.05, 4.69) is 5.16 Å². The molecule has 7 heteroatoms. The first kappa shape index (κ1) is 20.8. The molecule has 0 aromatic heterocycles. The minimum Gasteiger partial charge on any atom is -0.390 e. The molecule has 0 unspecified atom stereocenters. The first-order chi connectivity index (χ1) is 13.9. The molecule has 0 spiro atoms. The highest BCUT2D eigenvalue weighted by atomic mass is 19.1. The van der Waals surface area contributed by atoms with Gasteiger partial charge in [0.05, 0.1) is 12.3 Å². The molecule has 1 aliphatic rings. The lowest BCUT2D eigenvalue weighted by molar-refractivity contribution is -0.133. The zero-order chi connectivity index (χ0) is 21.0. The maximum Gasteiger partial charge on any atom is 0.222 e. The third-order valence-corrected chi connectivity index (χ3v) is 4.91. The van der Waals surface area contributed by atoms with Crippen molar-refractivity contribution in [3.63, 3.8) is 0 Å². The van der Waals surface area contributed by atoms with Gasteiger partial charge in [-0.3, -0.25) is 4.79 Å². The Kier molecular flexibility index (Phi) is 6.46. The van der Waals surface area contributed by atoms with Gasteiger partial charge in [0.1, 0.15) is 11.6 Å². The lowest BCUT2D eigenvalue weighted by Gasteiger charge is -2.24. The maximum absolute atomic E-state index is 14.0. The molecular weight excluding hydrogens is 376 g/mol. The topological polar surface area (TPSA) is 45.1 Å². The quantitative estimate of drug-likeness (QED) is 0.705. The summed E-state index contributed by atoms with van der Waals surface area (Å²) >= 11 is 0. The van der Waals surface area contributed by atoms with Crippen molar-refractivity contribution in [3.05, 3.63) is 65.2 Å². The van der Waals surface area contributed by atoms with Crippen LogP contribution in [0.1, 0.15) is 30.9 Å². The Balaban J connectivity index is 1.66. The lowest BCUT2D eigenvalue weighted by atomic mass is 10.0. The Hall–Kier alpha value is -2.96. The van der Waals surface area contributed by atoms with E-state index in [-0.39, 0.29) is 37.1 Å². The highest BCUT2D eigenvalue weighted by Crippen LogP contribution is 2.21. The normalized spacial score (nSPS) is 15.6. The molecule has 0 radical (unpaired) electrons. The highest BCUT2D eigenvalue weighted by molar-refractivity contribution is 6.01. The number of benzene rings is 2. The molecule has 0 saturated heterocycles. The van der Waals surface area contributed by atoms with Gasteiger partial charge in [-0.25, -0.2) is 8.78 Å². The van der Waals surface area contributed by atoms with Gasteiger partial charge in [-0.2, -0.15) is 0 Å². The summed E-state index contributed by atoms with van der Waals surface area (Å²) in [5.74, 6) is -1.43. The number of anilines is 1. The van der Waals surface area contributed by atoms with Crippen LogP contribution in [0.3, 0.4) is 0 Å². The van der Waals surface area contributed by atoms with Gasteiger partial charge >= 0.3 is 0 Å². The standard InChI is InChI=1S/C22H25F2N3O2/c1-4-22(28)27(13-16-5-8-17(23)11-20(16)24)14-19-12-21(25-29-19)15-6-9-18(10-7-15)26(2)3/h5-11,19H,4,12-14H2,1-3H3/t19-/m0/s1. The highest BCUT2D eigenvalue weighted by Gasteiger charge is 2.27. The van der Waals surface area contributed by atoms with E-state index in [1.165, 1.54) is 17.0 Å². The van der Waals surface area contributed by atoms with Crippen LogP contribution < -0.4 is 4.90 Å². The maximum atomic E-state index is 14.0. The number of rotatable bonds is 7. The second-order valence-electron chi connectivity index (χ2n) is 7.27. The van der Waals surface area contributed by atoms with Gasteiger partial charge in [-0.15, -0.1) is 0 Å². The van der Waals surface area contributed by atoms with E-state index in [0.717, 1.165) is 23.0 Å². The first-order valence-corrected chi connectivity index (χ1v) is 9.59. The fourth-order valence-electron chi connectivity index (χ4n) is 3.23. The van der Waals surface area contributed by atoms with Crippen molar-refractivity contribution >= 4 is 17.3 Å². The van der Waals surface area contributed by atoms with Crippen molar-refractivity contribution in [1.29, 1.82) is 0 Å². The van der Waals surface area contributed by atoms with Gasteiger partial charge in [-0.05, 0) is 23.8 Å². The molecule has 3 rings (SSSR count). The Bertz CT molecular complexity index is 897. The molecule has 1 heterocycles. The SMILES string of the molecule is CCC(=O)N(Cc1ccc(F)cc1F)C[C@@H]1CC(c2ccc(N(C)C)cc2)=NO1. The first-order valence-electron chi connectivity index (χ1n) is 9.59. The van der Waals surface area contributed by atoms with Crippen LogP contribution in [-0.4, -0.2) is 43.3 Å². The Morgan fingerprint density at radius 2 is 1.90 bits per heavy atom. The van der Waals surface area contributed by atoms with Crippen molar-refractivity contribution in [2.75, 3.05) is 25.5 Å². The molecule has 0 aliphatic carbocycles. The van der Waals surface area contributed by atoms with Crippen LogP contribution in [0.4, 0.5) is 14.5 Å². The van der Waals surface area contributed by atoms with Crippen LogP contribution >= 0.6 is 0 Å². The van der Waals surface area contributed by atoms with Crippen LogP contribution in [0.5, 0.6) is 0 Å². The average Bonchev–Trinajstić information content (AvgIpc) is 3.17. The zero-order valence-corrected chi connectivity index (χ0v) is 16.9. The fraction of sp³-hybridized carbons (Fsp3) is 0.364. The minimum absolute atomic E-state index is 0.0610. The summed E-state index contributed by atoms with van der Waals surface area (Å²) in [7, 11) is 3.95. The summed E-state index contributed by atoms with van der Waals surface area (Å²) in [5.41, 5.74) is 3.14. The molecule has 1 amide bonds. The van der Waals surface area contributed by atoms with Crippen LogP contribution in [0.15, 0.2) is 47.6 Å². The second kappa shape index (κ2) is 9.03. The van der Waals surface area contributed by atoms with E-state index in [1.54, 1.807) is 6.92 Å². The molecule has 2 aromatic carbocycles. The third kappa shape index (κ3) is 5.10. The van der Waals surface area contributed by atoms with E-state index in [4.69, 9.17) is 4.84 Å². The van der Waals surface area contributed by atoms with Gasteiger partial charge in [0.15, 0.2) is 6.10 Å². The summed E-state index contributed by atoms with van der Waals surface area (Å²) in [5, 5.41) is 4.18. The summed E-state index contributed by atoms with van der Waals surface area (Å²) < 4.78 is 27.2. The van der Waals surface area contributed by atoms with E-state index >= 15 is 0 Å². The molecule has 0 fully saturated rings. The van der Waals surface area contributed by atoms with E-state index in [9.17, 15) is 13.6 Å². The van der Waals surface area contributed by atoms with Crippen LogP contribution in [0.2, 0.25) is 0 Å². The lowest BCUT2D eigenvalue weighted by Crippen LogP contribution is -2.37. The van der Waals surface area contributed by atoms with Crippen molar-refractivity contribution < 1.29 is 18.4 Å². The van der Waals surface area contributed by atoms with Crippen molar-refractivity contribution in [2.45, 2.75) is 32.4 Å². The number of oxime groups is 1. The minimum atomic E-state index is -0.663. The molecule has 154 valence electrons. The number of amides is 1. The predicted molar refractivity (Wildman–Crippen MR) is 109 cm³/mol. The molecule has 2 aromatic rings. The molecular formula is C22H25F2N3O2. The molecule has 1 atom stereocenters. The molecule has 0 N–H and O–H groups in total. The van der Waals surface area contributed by atoms with Crippen LogP contribution in [-0.2, 0) is 16.2 Å². The summed E-state index contributed by atoms with van der Waals surface area (Å²) in [6.45, 7) is 2.10. The van der Waals surface area contributed by atoms with E-state index in [1.807, 2.05) is 43.3 Å². The largest absolute Gasteiger partial charge is 0.390 e. The number of carbonyl (C=O) groups excluding carboxylic acids is 1. The average molecular weight is 401 g/mol. The summed E-state index contributed by atoms with van der Waals surface area (Å²) in [4.78, 5) is 21.5. The monoisotopic (exact) mass is 401 g/mol. The van der Waals surface area contributed by atoms with Gasteiger partial charge in [0, 0.05) is 50.8 Å². The summed E-state index contributed by atoms with van der Waals surface area (Å²) in [6, 6.07) is 11.4. The fourth-order valence-corrected chi connectivity index (χ4v) is 3.23. The number of halogens is 2. The van der Waals surface area contributed by atoms with E-state index in [0.29, 0.717) is 6.42 Å². The number of nitrogens with zero attached hydrogens (tertiary/aromatic N) is 3. The number of hydrogen-bond donors (Lipinski definition) is 0. The number of hydrogen-bond acceptors (Lipinski definition) is 4. The van der Waals surface area contributed by atoms with Gasteiger partial charge < -0.3 is 14.6 Å². The Morgan fingerprint density at radius 3 is 2.52 bits per heavy atom. The third-order valence-electron chi connectivity index (χ3n) is 4.91. The number of carbonyl (C=O) groups is 1. The van der Waals surface area contributed by atoms with E-state index < -0.39 is 11.6 Å². The molecule has 0 bridgehead atoms.